The van der Waals surface area contributed by atoms with Gasteiger partial charge in [0.2, 0.25) is 0 Å². The van der Waals surface area contributed by atoms with Crippen molar-refractivity contribution in [3.8, 4) is 5.75 Å². The van der Waals surface area contributed by atoms with Crippen LogP contribution >= 0.6 is 0 Å². The lowest BCUT2D eigenvalue weighted by Gasteiger charge is -2.40. The minimum absolute atomic E-state index is 0.114. The molecule has 134 valence electrons. The lowest BCUT2D eigenvalue weighted by atomic mass is 9.95. The van der Waals surface area contributed by atoms with Gasteiger partial charge in [-0.15, -0.1) is 0 Å². The standard InChI is InChI=1S/C14H18N6O5/c1-23-9-4-2-8(3-5-9)7-24-14-12(18-20-16)13(22)11(17-19-15)10(6-21)25-14/h2-5,10-14,21-22H,6-7H2,1H3/t10-,11-,12+,13+,14?/m1/s1. The molecule has 1 fully saturated rings. The van der Waals surface area contributed by atoms with E-state index in [0.717, 1.165) is 5.56 Å². The average molecular weight is 350 g/mol. The minimum atomic E-state index is -1.35. The molecule has 11 heteroatoms. The molecular formula is C14H18N6O5. The lowest BCUT2D eigenvalue weighted by Crippen LogP contribution is -2.57. The van der Waals surface area contributed by atoms with E-state index in [1.165, 1.54) is 0 Å². The summed E-state index contributed by atoms with van der Waals surface area (Å²) in [6.45, 7) is -0.380. The number of nitrogens with zero attached hydrogens (tertiary/aromatic N) is 6. The number of benzene rings is 1. The predicted molar refractivity (Wildman–Crippen MR) is 85.4 cm³/mol. The monoisotopic (exact) mass is 350 g/mol. The Morgan fingerprint density at radius 1 is 1.16 bits per heavy atom. The second kappa shape index (κ2) is 9.09. The van der Waals surface area contributed by atoms with Gasteiger partial charge in [0, 0.05) is 9.82 Å². The maximum Gasteiger partial charge on any atom is 0.169 e. The van der Waals surface area contributed by atoms with Crippen molar-refractivity contribution in [3.05, 3.63) is 50.7 Å². The summed E-state index contributed by atoms with van der Waals surface area (Å²) in [5, 5.41) is 26.6. The van der Waals surface area contributed by atoms with Crippen LogP contribution in [-0.2, 0) is 16.1 Å². The Bertz CT molecular complexity index is 658. The Kier molecular flexibility index (Phi) is 6.84. The van der Waals surface area contributed by atoms with Crippen LogP contribution in [0.2, 0.25) is 0 Å². The molecule has 0 radical (unpaired) electrons. The summed E-state index contributed by atoms with van der Waals surface area (Å²) in [4.78, 5) is 5.30. The summed E-state index contributed by atoms with van der Waals surface area (Å²) in [5.41, 5.74) is 18.1. The molecule has 0 spiro atoms. The number of aliphatic hydroxyl groups is 2. The lowest BCUT2D eigenvalue weighted by molar-refractivity contribution is -0.241. The molecule has 1 aromatic rings. The largest absolute Gasteiger partial charge is 0.497 e. The van der Waals surface area contributed by atoms with E-state index in [0.29, 0.717) is 5.75 Å². The zero-order valence-electron chi connectivity index (χ0n) is 13.4. The highest BCUT2D eigenvalue weighted by Crippen LogP contribution is 2.27. The molecule has 0 bridgehead atoms. The van der Waals surface area contributed by atoms with Gasteiger partial charge in [-0.25, -0.2) is 0 Å². The van der Waals surface area contributed by atoms with Crippen LogP contribution in [0.15, 0.2) is 34.5 Å². The quantitative estimate of drug-likeness (QED) is 0.432. The first-order valence-corrected chi connectivity index (χ1v) is 7.42. The van der Waals surface area contributed by atoms with Crippen molar-refractivity contribution in [1.82, 2.24) is 0 Å². The van der Waals surface area contributed by atoms with E-state index >= 15 is 0 Å². The molecule has 25 heavy (non-hydrogen) atoms. The summed E-state index contributed by atoms with van der Waals surface area (Å²) in [5.74, 6) is 0.692. The van der Waals surface area contributed by atoms with Crippen LogP contribution in [0.5, 0.6) is 5.75 Å². The number of hydrogen-bond acceptors (Lipinski definition) is 7. The highest BCUT2D eigenvalue weighted by atomic mass is 16.7. The molecule has 1 aromatic carbocycles. The molecule has 1 aliphatic rings. The van der Waals surface area contributed by atoms with Crippen molar-refractivity contribution in [2.45, 2.75) is 37.2 Å². The molecular weight excluding hydrogens is 332 g/mol. The van der Waals surface area contributed by atoms with Crippen LogP contribution in [0.1, 0.15) is 5.56 Å². The van der Waals surface area contributed by atoms with E-state index in [4.69, 9.17) is 25.3 Å². The maximum atomic E-state index is 10.3. The van der Waals surface area contributed by atoms with E-state index in [1.807, 2.05) is 0 Å². The van der Waals surface area contributed by atoms with Crippen molar-refractivity contribution in [2.24, 2.45) is 10.2 Å². The summed E-state index contributed by atoms with van der Waals surface area (Å²) in [6, 6.07) is 4.87. The molecule has 2 rings (SSSR count). The third-order valence-electron chi connectivity index (χ3n) is 3.79. The van der Waals surface area contributed by atoms with Gasteiger partial charge in [-0.1, -0.05) is 22.4 Å². The van der Waals surface area contributed by atoms with Crippen molar-refractivity contribution >= 4 is 0 Å². The van der Waals surface area contributed by atoms with Crippen molar-refractivity contribution < 1.29 is 24.4 Å². The van der Waals surface area contributed by atoms with E-state index in [-0.39, 0.29) is 6.61 Å². The zero-order chi connectivity index (χ0) is 18.2. The van der Waals surface area contributed by atoms with Gasteiger partial charge in [-0.05, 0) is 28.8 Å². The number of methoxy groups -OCH3 is 1. The normalized spacial score (nSPS) is 28.5. The van der Waals surface area contributed by atoms with Crippen LogP contribution < -0.4 is 4.74 Å². The summed E-state index contributed by atoms with van der Waals surface area (Å²) in [6.07, 6.45) is -3.43. The molecule has 0 saturated carbocycles. The van der Waals surface area contributed by atoms with Crippen molar-refractivity contribution in [2.75, 3.05) is 13.7 Å². The molecule has 11 nitrogen and oxygen atoms in total. The van der Waals surface area contributed by atoms with Gasteiger partial charge in [0.25, 0.3) is 0 Å². The van der Waals surface area contributed by atoms with E-state index in [9.17, 15) is 10.2 Å². The fourth-order valence-corrected chi connectivity index (χ4v) is 2.49. The molecule has 1 heterocycles. The number of ether oxygens (including phenoxy) is 3. The Morgan fingerprint density at radius 3 is 2.36 bits per heavy atom. The highest BCUT2D eigenvalue weighted by Gasteiger charge is 2.44. The topological polar surface area (TPSA) is 166 Å². The van der Waals surface area contributed by atoms with Gasteiger partial charge in [0.1, 0.15) is 11.8 Å². The van der Waals surface area contributed by atoms with Gasteiger partial charge < -0.3 is 24.4 Å². The van der Waals surface area contributed by atoms with E-state index < -0.39 is 37.2 Å². The van der Waals surface area contributed by atoms with Crippen molar-refractivity contribution in [3.63, 3.8) is 0 Å². The molecule has 1 aliphatic heterocycles. The summed E-state index contributed by atoms with van der Waals surface area (Å²) >= 11 is 0. The van der Waals surface area contributed by atoms with Crippen LogP contribution in [0, 0.1) is 0 Å². The number of azide groups is 2. The number of aliphatic hydroxyl groups excluding tert-OH is 2. The molecule has 2 N–H and O–H groups in total. The molecule has 0 amide bonds. The second-order valence-corrected chi connectivity index (χ2v) is 5.27. The first-order chi connectivity index (χ1) is 12.1. The van der Waals surface area contributed by atoms with Gasteiger partial charge in [0.05, 0.1) is 38.6 Å². The SMILES string of the molecule is COc1ccc(COC2O[C@H](CO)[C@@H](N=[N+]=[N-])[C@H](O)[C@@H]2N=[N+]=[N-])cc1. The maximum absolute atomic E-state index is 10.3. The third kappa shape index (κ3) is 4.52. The van der Waals surface area contributed by atoms with E-state index in [1.54, 1.807) is 31.4 Å². The fourth-order valence-electron chi connectivity index (χ4n) is 2.49. The third-order valence-corrected chi connectivity index (χ3v) is 3.79. The van der Waals surface area contributed by atoms with Crippen LogP contribution in [0.4, 0.5) is 0 Å². The van der Waals surface area contributed by atoms with Crippen molar-refractivity contribution in [1.29, 1.82) is 0 Å². The molecule has 0 aromatic heterocycles. The number of rotatable bonds is 7. The van der Waals surface area contributed by atoms with Gasteiger partial charge >= 0.3 is 0 Å². The Morgan fingerprint density at radius 2 is 1.80 bits per heavy atom. The average Bonchev–Trinajstić information content (AvgIpc) is 2.64. The van der Waals surface area contributed by atoms with Crippen LogP contribution in [0.25, 0.3) is 20.9 Å². The smallest absolute Gasteiger partial charge is 0.169 e. The zero-order valence-corrected chi connectivity index (χ0v) is 13.4. The Labute approximate surface area is 143 Å². The minimum Gasteiger partial charge on any atom is -0.497 e. The molecule has 1 unspecified atom stereocenters. The van der Waals surface area contributed by atoms with Gasteiger partial charge in [-0.2, -0.15) is 0 Å². The van der Waals surface area contributed by atoms with E-state index in [2.05, 4.69) is 20.1 Å². The first kappa shape index (κ1) is 18.8. The highest BCUT2D eigenvalue weighted by molar-refractivity contribution is 5.26. The second-order valence-electron chi connectivity index (χ2n) is 5.27. The van der Waals surface area contributed by atoms with Gasteiger partial charge in [0.15, 0.2) is 6.29 Å². The molecule has 5 atom stereocenters. The summed E-state index contributed by atoms with van der Waals surface area (Å²) in [7, 11) is 1.56. The predicted octanol–water partition coefficient (Wildman–Crippen LogP) is 1.65. The number of hydrogen-bond donors (Lipinski definition) is 2. The molecule has 1 saturated heterocycles. The molecule has 0 aliphatic carbocycles. The van der Waals surface area contributed by atoms with Crippen LogP contribution in [0.3, 0.4) is 0 Å². The Balaban J connectivity index is 2.13. The fraction of sp³-hybridized carbons (Fsp3) is 0.571. The summed E-state index contributed by atoms with van der Waals surface area (Å²) < 4.78 is 16.2. The first-order valence-electron chi connectivity index (χ1n) is 7.42. The van der Waals surface area contributed by atoms with Gasteiger partial charge in [-0.3, -0.25) is 0 Å². The Hall–Kier alpha value is -2.52. The van der Waals surface area contributed by atoms with Crippen LogP contribution in [-0.4, -0.2) is 54.5 Å².